The summed E-state index contributed by atoms with van der Waals surface area (Å²) in [6.45, 7) is 3.23. The molecule has 0 bridgehead atoms. The summed E-state index contributed by atoms with van der Waals surface area (Å²) in [4.78, 5) is 15.2. The number of carbonyl (C=O) groups is 1. The topological polar surface area (TPSA) is 55.6 Å². The molecule has 1 fully saturated rings. The molecule has 1 amide bonds. The third-order valence-electron chi connectivity index (χ3n) is 3.37. The number of halogens is 1. The molecule has 1 aromatic heterocycles. The lowest BCUT2D eigenvalue weighted by Crippen LogP contribution is -2.36. The number of rotatable bonds is 4. The molecule has 0 saturated carbocycles. The van der Waals surface area contributed by atoms with Crippen LogP contribution in [0.2, 0.25) is 0 Å². The van der Waals surface area contributed by atoms with Gasteiger partial charge in [0.25, 0.3) is 5.91 Å². The normalized spacial score (nSPS) is 22.1. The summed E-state index contributed by atoms with van der Waals surface area (Å²) in [5.74, 6) is 0.0683. The highest BCUT2D eigenvalue weighted by Crippen LogP contribution is 2.22. The lowest BCUT2D eigenvalue weighted by Gasteiger charge is -2.21. The number of carbonyl (C=O) groups excluding carboxylic acids is 1. The highest BCUT2D eigenvalue weighted by Gasteiger charge is 2.31. The van der Waals surface area contributed by atoms with Crippen molar-refractivity contribution in [2.75, 3.05) is 13.6 Å². The molecule has 108 valence electrons. The van der Waals surface area contributed by atoms with Gasteiger partial charge < -0.3 is 15.4 Å². The van der Waals surface area contributed by atoms with Gasteiger partial charge in [0.05, 0.1) is 12.6 Å². The Morgan fingerprint density at radius 1 is 1.58 bits per heavy atom. The molecule has 4 nitrogen and oxygen atoms in total. The minimum absolute atomic E-state index is 0. The highest BCUT2D eigenvalue weighted by atomic mass is 35.5. The van der Waals surface area contributed by atoms with E-state index in [1.807, 2.05) is 7.05 Å². The van der Waals surface area contributed by atoms with Crippen LogP contribution in [0.4, 0.5) is 0 Å². The van der Waals surface area contributed by atoms with Crippen LogP contribution in [0.25, 0.3) is 0 Å². The maximum atomic E-state index is 12.2. The monoisotopic (exact) mass is 304 g/mol. The van der Waals surface area contributed by atoms with Gasteiger partial charge in [-0.05, 0) is 36.8 Å². The molecule has 0 unspecified atom stereocenters. The van der Waals surface area contributed by atoms with E-state index in [-0.39, 0.29) is 30.5 Å². The zero-order chi connectivity index (χ0) is 13.1. The van der Waals surface area contributed by atoms with Crippen LogP contribution in [-0.2, 0) is 16.1 Å². The zero-order valence-corrected chi connectivity index (χ0v) is 12.9. The van der Waals surface area contributed by atoms with Crippen molar-refractivity contribution in [1.29, 1.82) is 0 Å². The van der Waals surface area contributed by atoms with E-state index in [1.165, 1.54) is 10.4 Å². The number of hydrogen-bond donors (Lipinski definition) is 1. The first kappa shape index (κ1) is 16.4. The molecule has 2 N–H and O–H groups in total. The van der Waals surface area contributed by atoms with Crippen LogP contribution in [0, 0.1) is 6.92 Å². The predicted octanol–water partition coefficient (Wildman–Crippen LogP) is 1.94. The SMILES string of the molecule is Cc1ccsc1CN(C)C(=O)[C@@H]1CC[C@H](CN)O1.Cl. The van der Waals surface area contributed by atoms with Gasteiger partial charge in [-0.3, -0.25) is 4.79 Å². The molecule has 2 rings (SSSR count). The summed E-state index contributed by atoms with van der Waals surface area (Å²) in [6, 6.07) is 2.08. The third-order valence-corrected chi connectivity index (χ3v) is 4.38. The van der Waals surface area contributed by atoms with Gasteiger partial charge in [-0.2, -0.15) is 0 Å². The van der Waals surface area contributed by atoms with Crippen molar-refractivity contribution in [2.24, 2.45) is 5.73 Å². The average molecular weight is 305 g/mol. The lowest BCUT2D eigenvalue weighted by atomic mass is 10.2. The van der Waals surface area contributed by atoms with E-state index >= 15 is 0 Å². The molecule has 6 heteroatoms. The molecule has 19 heavy (non-hydrogen) atoms. The van der Waals surface area contributed by atoms with Gasteiger partial charge in [-0.15, -0.1) is 23.7 Å². The van der Waals surface area contributed by atoms with Crippen molar-refractivity contribution in [2.45, 2.75) is 38.5 Å². The van der Waals surface area contributed by atoms with Crippen LogP contribution in [0.15, 0.2) is 11.4 Å². The van der Waals surface area contributed by atoms with Gasteiger partial charge in [-0.1, -0.05) is 0 Å². The maximum Gasteiger partial charge on any atom is 0.251 e. The maximum absolute atomic E-state index is 12.2. The zero-order valence-electron chi connectivity index (χ0n) is 11.3. The smallest absolute Gasteiger partial charge is 0.251 e. The standard InChI is InChI=1S/C13H20N2O2S.ClH/c1-9-5-6-18-12(9)8-15(2)13(16)11-4-3-10(7-14)17-11;/h5-6,10-11H,3-4,7-8,14H2,1-2H3;1H/t10-,11+;/m1./s1. The Morgan fingerprint density at radius 2 is 2.32 bits per heavy atom. The largest absolute Gasteiger partial charge is 0.364 e. The summed E-state index contributed by atoms with van der Waals surface area (Å²) in [6.07, 6.45) is 1.42. The molecule has 0 radical (unpaired) electrons. The summed E-state index contributed by atoms with van der Waals surface area (Å²) in [5, 5.41) is 2.06. The quantitative estimate of drug-likeness (QED) is 0.925. The number of aryl methyl sites for hydroxylation is 1. The molecule has 2 atom stereocenters. The number of hydrogen-bond acceptors (Lipinski definition) is 4. The molecule has 0 spiro atoms. The van der Waals surface area contributed by atoms with Crippen LogP contribution >= 0.6 is 23.7 Å². The van der Waals surface area contributed by atoms with Crippen LogP contribution in [0.1, 0.15) is 23.3 Å². The Hall–Kier alpha value is -0.620. The molecule has 2 heterocycles. The van der Waals surface area contributed by atoms with Crippen LogP contribution < -0.4 is 5.73 Å². The number of likely N-dealkylation sites (N-methyl/N-ethyl adjacent to an activating group) is 1. The van der Waals surface area contributed by atoms with Crippen LogP contribution in [0.3, 0.4) is 0 Å². The predicted molar refractivity (Wildman–Crippen MR) is 79.7 cm³/mol. The van der Waals surface area contributed by atoms with E-state index in [0.717, 1.165) is 12.8 Å². The first-order chi connectivity index (χ1) is 8.61. The molecule has 1 aliphatic rings. The summed E-state index contributed by atoms with van der Waals surface area (Å²) in [5.41, 5.74) is 6.80. The number of ether oxygens (including phenoxy) is 1. The number of amides is 1. The number of thiophene rings is 1. The van der Waals surface area contributed by atoms with E-state index in [4.69, 9.17) is 10.5 Å². The van der Waals surface area contributed by atoms with Gasteiger partial charge in [-0.25, -0.2) is 0 Å². The fourth-order valence-corrected chi connectivity index (χ4v) is 3.12. The fraction of sp³-hybridized carbons (Fsp3) is 0.615. The minimum atomic E-state index is -0.302. The summed E-state index contributed by atoms with van der Waals surface area (Å²) >= 11 is 1.69. The van der Waals surface area contributed by atoms with Crippen molar-refractivity contribution in [1.82, 2.24) is 4.90 Å². The summed E-state index contributed by atoms with van der Waals surface area (Å²) in [7, 11) is 1.83. The molecular formula is C13H21ClN2O2S. The highest BCUT2D eigenvalue weighted by molar-refractivity contribution is 7.10. The Kier molecular flexibility index (Phi) is 6.26. The van der Waals surface area contributed by atoms with Gasteiger partial charge in [0.15, 0.2) is 0 Å². The first-order valence-corrected chi connectivity index (χ1v) is 7.13. The lowest BCUT2D eigenvalue weighted by molar-refractivity contribution is -0.141. The second-order valence-electron chi connectivity index (χ2n) is 4.78. The second-order valence-corrected chi connectivity index (χ2v) is 5.78. The Balaban J connectivity index is 0.00000180. The molecule has 0 aromatic carbocycles. The summed E-state index contributed by atoms with van der Waals surface area (Å²) < 4.78 is 5.63. The van der Waals surface area contributed by atoms with Gasteiger partial charge in [0.2, 0.25) is 0 Å². The van der Waals surface area contributed by atoms with E-state index in [9.17, 15) is 4.79 Å². The van der Waals surface area contributed by atoms with Crippen LogP contribution in [-0.4, -0.2) is 36.6 Å². The van der Waals surface area contributed by atoms with Crippen molar-refractivity contribution in [3.63, 3.8) is 0 Å². The molecular weight excluding hydrogens is 284 g/mol. The molecule has 1 aromatic rings. The molecule has 1 aliphatic heterocycles. The van der Waals surface area contributed by atoms with Gasteiger partial charge >= 0.3 is 0 Å². The van der Waals surface area contributed by atoms with Crippen LogP contribution in [0.5, 0.6) is 0 Å². The minimum Gasteiger partial charge on any atom is -0.364 e. The van der Waals surface area contributed by atoms with Crippen molar-refractivity contribution >= 4 is 29.7 Å². The second kappa shape index (κ2) is 7.24. The van der Waals surface area contributed by atoms with E-state index in [1.54, 1.807) is 16.2 Å². The Morgan fingerprint density at radius 3 is 2.84 bits per heavy atom. The van der Waals surface area contributed by atoms with Crippen molar-refractivity contribution in [3.05, 3.63) is 21.9 Å². The van der Waals surface area contributed by atoms with Crippen molar-refractivity contribution in [3.8, 4) is 0 Å². The number of nitrogens with zero attached hydrogens (tertiary/aromatic N) is 1. The fourth-order valence-electron chi connectivity index (χ4n) is 2.17. The Labute approximate surface area is 124 Å². The molecule has 1 saturated heterocycles. The van der Waals surface area contributed by atoms with E-state index < -0.39 is 0 Å². The average Bonchev–Trinajstić information content (AvgIpc) is 2.98. The van der Waals surface area contributed by atoms with Gasteiger partial charge in [0, 0.05) is 18.5 Å². The number of nitrogens with two attached hydrogens (primary N) is 1. The third kappa shape index (κ3) is 3.92. The Bertz CT molecular complexity index is 425. The first-order valence-electron chi connectivity index (χ1n) is 6.25. The van der Waals surface area contributed by atoms with E-state index in [0.29, 0.717) is 13.1 Å². The van der Waals surface area contributed by atoms with Gasteiger partial charge in [0.1, 0.15) is 6.10 Å². The van der Waals surface area contributed by atoms with E-state index in [2.05, 4.69) is 18.4 Å². The molecule has 0 aliphatic carbocycles. The van der Waals surface area contributed by atoms with Crippen molar-refractivity contribution < 1.29 is 9.53 Å².